The van der Waals surface area contributed by atoms with E-state index in [0.29, 0.717) is 29.0 Å². The number of nitrogens with one attached hydrogen (secondary N) is 1. The van der Waals surface area contributed by atoms with Crippen LogP contribution < -0.4 is 11.2 Å². The summed E-state index contributed by atoms with van der Waals surface area (Å²) in [6.45, 7) is 8.65. The number of nitrogens with zero attached hydrogens (tertiary/aromatic N) is 3. The van der Waals surface area contributed by atoms with Crippen LogP contribution in [0, 0.1) is 4.77 Å². The molecule has 2 heterocycles. The predicted molar refractivity (Wildman–Crippen MR) is 82.0 cm³/mol. The summed E-state index contributed by atoms with van der Waals surface area (Å²) in [6.07, 6.45) is 0.800. The maximum Gasteiger partial charge on any atom is 0.332 e. The third-order valence-electron chi connectivity index (χ3n) is 3.75. The first-order chi connectivity index (χ1) is 9.47. The molecule has 6 nitrogen and oxygen atoms in total. The Balaban J connectivity index is 3.10. The number of H-pyrrole nitrogens is 1. The highest BCUT2D eigenvalue weighted by atomic mass is 32.1. The Morgan fingerprint density at radius 3 is 2.25 bits per heavy atom. The summed E-state index contributed by atoms with van der Waals surface area (Å²) in [5.74, 6) is 0. The van der Waals surface area contributed by atoms with Gasteiger partial charge in [-0.3, -0.25) is 13.9 Å². The monoisotopic (exact) mass is 296 g/mol. The second kappa shape index (κ2) is 5.40. The van der Waals surface area contributed by atoms with Gasteiger partial charge in [0.25, 0.3) is 5.56 Å². The molecular weight excluding hydrogens is 276 g/mol. The minimum Gasteiger partial charge on any atom is -0.316 e. The molecular formula is C13H20N4O2S. The summed E-state index contributed by atoms with van der Waals surface area (Å²) in [5, 5.41) is 0. The van der Waals surface area contributed by atoms with Crippen molar-refractivity contribution >= 4 is 23.4 Å². The summed E-state index contributed by atoms with van der Waals surface area (Å²) >= 11 is 5.26. The first-order valence-electron chi connectivity index (χ1n) is 6.95. The Hall–Kier alpha value is -1.63. The zero-order valence-electron chi connectivity index (χ0n) is 12.3. The first kappa shape index (κ1) is 14.8. The molecule has 0 aliphatic heterocycles. The molecule has 0 saturated heterocycles. The highest BCUT2D eigenvalue weighted by Gasteiger charge is 2.19. The zero-order valence-corrected chi connectivity index (χ0v) is 13.1. The second-order valence-corrected chi connectivity index (χ2v) is 5.22. The molecule has 1 atom stereocenters. The van der Waals surface area contributed by atoms with Gasteiger partial charge in [0.1, 0.15) is 5.65 Å². The number of fused-ring (bicyclic) bond motifs is 1. The van der Waals surface area contributed by atoms with Gasteiger partial charge in [0, 0.05) is 19.1 Å². The van der Waals surface area contributed by atoms with Gasteiger partial charge < -0.3 is 9.55 Å². The standard InChI is InChI=1S/C13H20N4O2S/c1-5-8(4)17-10-9(15(6-2)12(20)14-10)11(18)16(7-3)13(17)19/h8H,5-7H2,1-4H3,(H,14,20). The van der Waals surface area contributed by atoms with E-state index in [-0.39, 0.29) is 17.3 Å². The van der Waals surface area contributed by atoms with Crippen LogP contribution in [0.25, 0.3) is 11.2 Å². The molecule has 1 N–H and O–H groups in total. The quantitative estimate of drug-likeness (QED) is 0.878. The molecule has 110 valence electrons. The van der Waals surface area contributed by atoms with Gasteiger partial charge >= 0.3 is 5.69 Å². The van der Waals surface area contributed by atoms with Gasteiger partial charge in [0.2, 0.25) is 0 Å². The summed E-state index contributed by atoms with van der Waals surface area (Å²) in [4.78, 5) is 28.0. The summed E-state index contributed by atoms with van der Waals surface area (Å²) in [6, 6.07) is 0.00163. The van der Waals surface area contributed by atoms with E-state index in [1.807, 2.05) is 20.8 Å². The lowest BCUT2D eigenvalue weighted by Gasteiger charge is -2.16. The molecule has 0 saturated carbocycles. The van der Waals surface area contributed by atoms with Crippen molar-refractivity contribution in [3.05, 3.63) is 25.6 Å². The fourth-order valence-electron chi connectivity index (χ4n) is 2.46. The molecule has 1 unspecified atom stereocenters. The zero-order chi connectivity index (χ0) is 15.0. The minimum absolute atomic E-state index is 0.00163. The molecule has 0 spiro atoms. The van der Waals surface area contributed by atoms with Gasteiger partial charge in [-0.25, -0.2) is 4.79 Å². The molecule has 0 aromatic carbocycles. The van der Waals surface area contributed by atoms with Crippen LogP contribution in [0.15, 0.2) is 9.59 Å². The molecule has 2 aromatic rings. The van der Waals surface area contributed by atoms with Gasteiger partial charge in [-0.15, -0.1) is 0 Å². The van der Waals surface area contributed by atoms with E-state index in [4.69, 9.17) is 12.2 Å². The number of aromatic nitrogens is 4. The number of rotatable bonds is 4. The Kier molecular flexibility index (Phi) is 3.99. The molecule has 7 heteroatoms. The lowest BCUT2D eigenvalue weighted by Crippen LogP contribution is -2.41. The predicted octanol–water partition coefficient (Wildman–Crippen LogP) is 2.03. The van der Waals surface area contributed by atoms with Crippen LogP contribution in [0.1, 0.15) is 40.2 Å². The fourth-order valence-corrected chi connectivity index (χ4v) is 2.78. The average molecular weight is 296 g/mol. The van der Waals surface area contributed by atoms with Crippen molar-refractivity contribution in [1.82, 2.24) is 18.7 Å². The van der Waals surface area contributed by atoms with Crippen molar-refractivity contribution in [2.75, 3.05) is 0 Å². The van der Waals surface area contributed by atoms with Gasteiger partial charge in [0.15, 0.2) is 10.3 Å². The summed E-state index contributed by atoms with van der Waals surface area (Å²) in [5.41, 5.74) is 0.463. The molecule has 0 aliphatic carbocycles. The van der Waals surface area contributed by atoms with Crippen LogP contribution in [-0.4, -0.2) is 18.7 Å². The molecule has 20 heavy (non-hydrogen) atoms. The fraction of sp³-hybridized carbons (Fsp3) is 0.615. The van der Waals surface area contributed by atoms with Crippen LogP contribution >= 0.6 is 12.2 Å². The van der Waals surface area contributed by atoms with Crippen molar-refractivity contribution in [3.8, 4) is 0 Å². The van der Waals surface area contributed by atoms with Crippen LogP contribution in [0.4, 0.5) is 0 Å². The molecule has 0 amide bonds. The second-order valence-electron chi connectivity index (χ2n) is 4.83. The van der Waals surface area contributed by atoms with E-state index in [1.54, 1.807) is 16.1 Å². The Morgan fingerprint density at radius 2 is 1.75 bits per heavy atom. The van der Waals surface area contributed by atoms with E-state index < -0.39 is 0 Å². The van der Waals surface area contributed by atoms with E-state index in [2.05, 4.69) is 4.98 Å². The highest BCUT2D eigenvalue weighted by Crippen LogP contribution is 2.15. The van der Waals surface area contributed by atoms with Crippen molar-refractivity contribution in [2.45, 2.75) is 53.2 Å². The number of aryl methyl sites for hydroxylation is 1. The van der Waals surface area contributed by atoms with Crippen LogP contribution in [0.5, 0.6) is 0 Å². The van der Waals surface area contributed by atoms with Crippen LogP contribution in [0.3, 0.4) is 0 Å². The number of imidazole rings is 1. The minimum atomic E-state index is -0.279. The largest absolute Gasteiger partial charge is 0.332 e. The molecule has 2 aromatic heterocycles. The van der Waals surface area contributed by atoms with Gasteiger partial charge in [-0.2, -0.15) is 0 Å². The van der Waals surface area contributed by atoms with Gasteiger partial charge in [-0.05, 0) is 39.4 Å². The third kappa shape index (κ3) is 1.96. The summed E-state index contributed by atoms with van der Waals surface area (Å²) < 4.78 is 5.13. The van der Waals surface area contributed by atoms with E-state index in [1.165, 1.54) is 4.57 Å². The van der Waals surface area contributed by atoms with Crippen LogP contribution in [-0.2, 0) is 13.1 Å². The summed E-state index contributed by atoms with van der Waals surface area (Å²) in [7, 11) is 0. The lowest BCUT2D eigenvalue weighted by atomic mass is 10.2. The van der Waals surface area contributed by atoms with E-state index in [9.17, 15) is 9.59 Å². The van der Waals surface area contributed by atoms with Crippen LogP contribution in [0.2, 0.25) is 0 Å². The lowest BCUT2D eigenvalue weighted by molar-refractivity contribution is 0.488. The topological polar surface area (TPSA) is 64.7 Å². The smallest absolute Gasteiger partial charge is 0.316 e. The number of aromatic amines is 1. The first-order valence-corrected chi connectivity index (χ1v) is 7.36. The van der Waals surface area contributed by atoms with Crippen molar-refractivity contribution < 1.29 is 0 Å². The normalized spacial score (nSPS) is 13.0. The van der Waals surface area contributed by atoms with E-state index >= 15 is 0 Å². The van der Waals surface area contributed by atoms with Crippen molar-refractivity contribution in [3.63, 3.8) is 0 Å². The van der Waals surface area contributed by atoms with E-state index in [0.717, 1.165) is 6.42 Å². The van der Waals surface area contributed by atoms with Crippen molar-refractivity contribution in [1.29, 1.82) is 0 Å². The molecule has 0 bridgehead atoms. The Labute approximate surface area is 121 Å². The third-order valence-corrected chi connectivity index (χ3v) is 4.08. The number of hydrogen-bond donors (Lipinski definition) is 1. The molecule has 0 aliphatic rings. The number of hydrogen-bond acceptors (Lipinski definition) is 3. The van der Waals surface area contributed by atoms with Gasteiger partial charge in [0.05, 0.1) is 0 Å². The molecule has 0 radical (unpaired) electrons. The molecule has 2 rings (SSSR count). The maximum atomic E-state index is 12.5. The SMILES string of the molecule is CCC(C)n1c(=O)n(CC)c(=O)c2c1[nH]c(=S)n2CC. The average Bonchev–Trinajstić information content (AvgIpc) is 2.75. The van der Waals surface area contributed by atoms with Gasteiger partial charge in [-0.1, -0.05) is 6.92 Å². The highest BCUT2D eigenvalue weighted by molar-refractivity contribution is 7.71. The maximum absolute atomic E-state index is 12.5. The Morgan fingerprint density at radius 1 is 1.15 bits per heavy atom. The molecule has 0 fully saturated rings. The van der Waals surface area contributed by atoms with Crippen molar-refractivity contribution in [2.24, 2.45) is 0 Å². The Bertz CT molecular complexity index is 809.